The van der Waals surface area contributed by atoms with Gasteiger partial charge in [-0.1, -0.05) is 11.6 Å². The molecule has 7 heteroatoms. The van der Waals surface area contributed by atoms with Crippen LogP contribution >= 0.6 is 23.8 Å². The third-order valence-corrected chi connectivity index (χ3v) is 3.25. The van der Waals surface area contributed by atoms with Crippen LogP contribution in [-0.4, -0.2) is 16.9 Å². The van der Waals surface area contributed by atoms with Gasteiger partial charge in [0.05, 0.1) is 0 Å². The highest BCUT2D eigenvalue weighted by Gasteiger charge is 2.07. The summed E-state index contributed by atoms with van der Waals surface area (Å²) >= 11 is 10.9. The molecule has 118 valence electrons. The van der Waals surface area contributed by atoms with E-state index in [2.05, 4.69) is 16.0 Å². The van der Waals surface area contributed by atoms with Gasteiger partial charge in [0.25, 0.3) is 5.91 Å². The highest BCUT2D eigenvalue weighted by atomic mass is 35.5. The zero-order valence-electron chi connectivity index (χ0n) is 12.2. The van der Waals surface area contributed by atoms with Crippen molar-refractivity contribution in [3.05, 3.63) is 59.1 Å². The van der Waals surface area contributed by atoms with E-state index in [1.54, 1.807) is 48.5 Å². The highest BCUT2D eigenvalue weighted by Crippen LogP contribution is 2.13. The predicted octanol–water partition coefficient (Wildman–Crippen LogP) is 3.43. The van der Waals surface area contributed by atoms with Crippen molar-refractivity contribution >= 4 is 52.1 Å². The van der Waals surface area contributed by atoms with Crippen LogP contribution in [-0.2, 0) is 4.79 Å². The molecule has 0 aliphatic carbocycles. The first-order chi connectivity index (χ1) is 10.9. The Morgan fingerprint density at radius 1 is 0.913 bits per heavy atom. The van der Waals surface area contributed by atoms with Crippen molar-refractivity contribution in [2.24, 2.45) is 0 Å². The number of hydrogen-bond donors (Lipinski definition) is 3. The summed E-state index contributed by atoms with van der Waals surface area (Å²) in [6, 6.07) is 13.4. The Balaban J connectivity index is 1.92. The molecule has 0 saturated heterocycles. The molecule has 3 N–H and O–H groups in total. The summed E-state index contributed by atoms with van der Waals surface area (Å²) in [6.07, 6.45) is 0. The smallest absolute Gasteiger partial charge is 0.257 e. The van der Waals surface area contributed by atoms with Gasteiger partial charge in [0.1, 0.15) is 0 Å². The third-order valence-electron chi connectivity index (χ3n) is 2.80. The molecule has 0 spiro atoms. The maximum atomic E-state index is 12.0. The molecule has 2 aromatic carbocycles. The van der Waals surface area contributed by atoms with Gasteiger partial charge in [-0.05, 0) is 60.7 Å². The van der Waals surface area contributed by atoms with E-state index in [0.717, 1.165) is 0 Å². The van der Waals surface area contributed by atoms with Crippen molar-refractivity contribution in [3.63, 3.8) is 0 Å². The molecule has 0 bridgehead atoms. The van der Waals surface area contributed by atoms with Crippen LogP contribution in [0.2, 0.25) is 5.02 Å². The minimum absolute atomic E-state index is 0.142. The maximum absolute atomic E-state index is 12.0. The monoisotopic (exact) mass is 347 g/mol. The Labute approximate surface area is 144 Å². The van der Waals surface area contributed by atoms with Crippen molar-refractivity contribution in [2.75, 3.05) is 10.6 Å². The van der Waals surface area contributed by atoms with Gasteiger partial charge in [-0.3, -0.25) is 14.9 Å². The van der Waals surface area contributed by atoms with E-state index >= 15 is 0 Å². The topological polar surface area (TPSA) is 70.2 Å². The second-order valence-corrected chi connectivity index (χ2v) is 5.52. The second-order valence-electron chi connectivity index (χ2n) is 4.67. The quantitative estimate of drug-likeness (QED) is 0.744. The Bertz CT molecular complexity index is 730. The van der Waals surface area contributed by atoms with E-state index in [9.17, 15) is 9.59 Å². The summed E-state index contributed by atoms with van der Waals surface area (Å²) in [5.41, 5.74) is 1.83. The molecule has 0 heterocycles. The van der Waals surface area contributed by atoms with Gasteiger partial charge < -0.3 is 10.6 Å². The summed E-state index contributed by atoms with van der Waals surface area (Å²) in [5, 5.41) is 8.87. The molecular formula is C16H14ClN3O2S. The molecule has 5 nitrogen and oxygen atoms in total. The number of hydrogen-bond acceptors (Lipinski definition) is 3. The number of carbonyl (C=O) groups is 2. The first-order valence-electron chi connectivity index (χ1n) is 6.69. The molecule has 2 amide bonds. The molecule has 23 heavy (non-hydrogen) atoms. The zero-order chi connectivity index (χ0) is 16.8. The first kappa shape index (κ1) is 16.9. The maximum Gasteiger partial charge on any atom is 0.257 e. The van der Waals surface area contributed by atoms with E-state index in [-0.39, 0.29) is 16.9 Å². The fraction of sp³-hybridized carbons (Fsp3) is 0.0625. The van der Waals surface area contributed by atoms with Crippen LogP contribution < -0.4 is 16.0 Å². The number of carbonyl (C=O) groups excluding carboxylic acids is 2. The molecule has 0 saturated carbocycles. The predicted molar refractivity (Wildman–Crippen MR) is 95.9 cm³/mol. The van der Waals surface area contributed by atoms with Crippen molar-refractivity contribution in [3.8, 4) is 0 Å². The molecule has 0 fully saturated rings. The number of thiocarbonyl (C=S) groups is 1. The van der Waals surface area contributed by atoms with Crippen molar-refractivity contribution in [1.82, 2.24) is 5.32 Å². The van der Waals surface area contributed by atoms with Crippen LogP contribution in [0.4, 0.5) is 11.4 Å². The standard InChI is InChI=1S/C16H14ClN3O2S/c1-10(21)18-13-6-8-14(9-7-13)19-16(23)20-15(22)11-2-4-12(17)5-3-11/h2-9H,1H3,(H,18,21)(H2,19,20,22,23). The molecule has 0 aliphatic rings. The average Bonchev–Trinajstić information content (AvgIpc) is 2.49. The van der Waals surface area contributed by atoms with Gasteiger partial charge in [-0.25, -0.2) is 0 Å². The van der Waals surface area contributed by atoms with E-state index in [0.29, 0.717) is 22.0 Å². The molecule has 2 rings (SSSR count). The normalized spacial score (nSPS) is 9.83. The Morgan fingerprint density at radius 3 is 1.96 bits per heavy atom. The van der Waals surface area contributed by atoms with E-state index < -0.39 is 0 Å². The van der Waals surface area contributed by atoms with Gasteiger partial charge in [0.2, 0.25) is 5.91 Å². The van der Waals surface area contributed by atoms with Crippen LogP contribution in [0.15, 0.2) is 48.5 Å². The Hall–Kier alpha value is -2.44. The van der Waals surface area contributed by atoms with Crippen LogP contribution in [0.1, 0.15) is 17.3 Å². The fourth-order valence-electron chi connectivity index (χ4n) is 1.78. The van der Waals surface area contributed by atoms with Gasteiger partial charge in [-0.2, -0.15) is 0 Å². The second kappa shape index (κ2) is 7.71. The SMILES string of the molecule is CC(=O)Nc1ccc(NC(=S)NC(=O)c2ccc(Cl)cc2)cc1. The van der Waals surface area contributed by atoms with Crippen molar-refractivity contribution < 1.29 is 9.59 Å². The minimum Gasteiger partial charge on any atom is -0.332 e. The lowest BCUT2D eigenvalue weighted by Gasteiger charge is -2.10. The molecule has 0 atom stereocenters. The van der Waals surface area contributed by atoms with Crippen LogP contribution in [0.3, 0.4) is 0 Å². The summed E-state index contributed by atoms with van der Waals surface area (Å²) in [6.45, 7) is 1.44. The van der Waals surface area contributed by atoms with Gasteiger partial charge in [0.15, 0.2) is 5.11 Å². The van der Waals surface area contributed by atoms with Crippen LogP contribution in [0.25, 0.3) is 0 Å². The molecular weight excluding hydrogens is 334 g/mol. The lowest BCUT2D eigenvalue weighted by Crippen LogP contribution is -2.34. The van der Waals surface area contributed by atoms with E-state index in [1.807, 2.05) is 0 Å². The lowest BCUT2D eigenvalue weighted by atomic mass is 10.2. The van der Waals surface area contributed by atoms with Crippen molar-refractivity contribution in [1.29, 1.82) is 0 Å². The number of nitrogens with one attached hydrogen (secondary N) is 3. The summed E-state index contributed by atoms with van der Waals surface area (Å²) in [5.74, 6) is -0.467. The fourth-order valence-corrected chi connectivity index (χ4v) is 2.12. The third kappa shape index (κ3) is 5.36. The van der Waals surface area contributed by atoms with Crippen LogP contribution in [0, 0.1) is 0 Å². The number of halogens is 1. The molecule has 0 aromatic heterocycles. The Kier molecular flexibility index (Phi) is 5.67. The molecule has 0 radical (unpaired) electrons. The number of anilines is 2. The first-order valence-corrected chi connectivity index (χ1v) is 7.48. The van der Waals surface area contributed by atoms with Gasteiger partial charge in [-0.15, -0.1) is 0 Å². The van der Waals surface area contributed by atoms with E-state index in [1.165, 1.54) is 6.92 Å². The number of benzene rings is 2. The minimum atomic E-state index is -0.325. The van der Waals surface area contributed by atoms with Gasteiger partial charge >= 0.3 is 0 Å². The number of amides is 2. The van der Waals surface area contributed by atoms with E-state index in [4.69, 9.17) is 23.8 Å². The Morgan fingerprint density at radius 2 is 1.43 bits per heavy atom. The van der Waals surface area contributed by atoms with Crippen molar-refractivity contribution in [2.45, 2.75) is 6.92 Å². The summed E-state index contributed by atoms with van der Waals surface area (Å²) in [4.78, 5) is 23.0. The van der Waals surface area contributed by atoms with Crippen LogP contribution in [0.5, 0.6) is 0 Å². The molecule has 2 aromatic rings. The molecule has 0 unspecified atom stereocenters. The number of rotatable bonds is 3. The lowest BCUT2D eigenvalue weighted by molar-refractivity contribution is -0.114. The largest absolute Gasteiger partial charge is 0.332 e. The van der Waals surface area contributed by atoms with Gasteiger partial charge in [0, 0.05) is 28.9 Å². The molecule has 0 aliphatic heterocycles. The summed E-state index contributed by atoms with van der Waals surface area (Å²) in [7, 11) is 0. The zero-order valence-corrected chi connectivity index (χ0v) is 13.8. The summed E-state index contributed by atoms with van der Waals surface area (Å²) < 4.78 is 0. The average molecular weight is 348 g/mol. The highest BCUT2D eigenvalue weighted by molar-refractivity contribution is 7.80.